The van der Waals surface area contributed by atoms with Gasteiger partial charge in [-0.3, -0.25) is 4.79 Å². The lowest BCUT2D eigenvalue weighted by molar-refractivity contribution is -0.116. The Balaban J connectivity index is 1.67. The summed E-state index contributed by atoms with van der Waals surface area (Å²) in [7, 11) is -3.64. The van der Waals surface area contributed by atoms with Crippen molar-refractivity contribution in [2.75, 3.05) is 36.4 Å². The van der Waals surface area contributed by atoms with Gasteiger partial charge in [-0.15, -0.1) is 0 Å². The van der Waals surface area contributed by atoms with Gasteiger partial charge >= 0.3 is 0 Å². The van der Waals surface area contributed by atoms with E-state index >= 15 is 0 Å². The summed E-state index contributed by atoms with van der Waals surface area (Å²) in [6.45, 7) is 8.32. The van der Waals surface area contributed by atoms with Crippen molar-refractivity contribution in [3.63, 3.8) is 0 Å². The summed E-state index contributed by atoms with van der Waals surface area (Å²) < 4.78 is 29.6. The number of aryl methyl sites for hydroxylation is 1. The van der Waals surface area contributed by atoms with Gasteiger partial charge in [-0.1, -0.05) is 32.9 Å². The molecule has 1 fully saturated rings. The number of imidazole rings is 1. The average molecular weight is 484 g/mol. The summed E-state index contributed by atoms with van der Waals surface area (Å²) in [5.74, 6) is 0.629. The SMILES string of the molecule is CCc1nc2ccccc2n1CC(=O)Nc1cc(S(=O)(=O)N(CC)CC)ccc1N1CCCC1. The van der Waals surface area contributed by atoms with E-state index in [1.54, 1.807) is 12.1 Å². The van der Waals surface area contributed by atoms with Gasteiger partial charge in [0, 0.05) is 32.6 Å². The number of benzene rings is 2. The Labute approximate surface area is 201 Å². The largest absolute Gasteiger partial charge is 0.370 e. The molecule has 1 saturated heterocycles. The normalized spacial score (nSPS) is 14.3. The molecule has 3 aromatic rings. The molecule has 4 rings (SSSR count). The second-order valence-electron chi connectivity index (χ2n) is 8.47. The van der Waals surface area contributed by atoms with Crippen LogP contribution in [0.3, 0.4) is 0 Å². The molecule has 0 bridgehead atoms. The first-order valence-corrected chi connectivity index (χ1v) is 13.5. The van der Waals surface area contributed by atoms with Crippen molar-refractivity contribution in [2.24, 2.45) is 0 Å². The number of anilines is 2. The van der Waals surface area contributed by atoms with Crippen molar-refractivity contribution in [1.29, 1.82) is 0 Å². The van der Waals surface area contributed by atoms with Crippen molar-refractivity contribution < 1.29 is 13.2 Å². The zero-order valence-corrected chi connectivity index (χ0v) is 20.9. The van der Waals surface area contributed by atoms with Crippen LogP contribution < -0.4 is 10.2 Å². The first-order valence-electron chi connectivity index (χ1n) is 12.0. The van der Waals surface area contributed by atoms with Gasteiger partial charge in [-0.2, -0.15) is 4.31 Å². The molecule has 9 heteroatoms. The summed E-state index contributed by atoms with van der Waals surface area (Å²) >= 11 is 0. The van der Waals surface area contributed by atoms with E-state index in [0.29, 0.717) is 25.2 Å². The third-order valence-corrected chi connectivity index (χ3v) is 8.43. The van der Waals surface area contributed by atoms with E-state index < -0.39 is 10.0 Å². The Hall–Kier alpha value is -2.91. The summed E-state index contributed by atoms with van der Waals surface area (Å²) in [5, 5.41) is 3.02. The number of nitrogens with zero attached hydrogens (tertiary/aromatic N) is 4. The molecular weight excluding hydrogens is 450 g/mol. The number of hydrogen-bond acceptors (Lipinski definition) is 5. The van der Waals surface area contributed by atoms with Gasteiger partial charge in [-0.25, -0.2) is 13.4 Å². The Kier molecular flexibility index (Phi) is 7.23. The van der Waals surface area contributed by atoms with Gasteiger partial charge in [0.05, 0.1) is 27.3 Å². The second-order valence-corrected chi connectivity index (χ2v) is 10.4. The van der Waals surface area contributed by atoms with Crippen LogP contribution >= 0.6 is 0 Å². The maximum Gasteiger partial charge on any atom is 0.244 e. The lowest BCUT2D eigenvalue weighted by atomic mass is 10.2. The van der Waals surface area contributed by atoms with Crippen molar-refractivity contribution in [1.82, 2.24) is 13.9 Å². The molecule has 1 N–H and O–H groups in total. The number of amides is 1. The molecule has 0 saturated carbocycles. The molecule has 0 atom stereocenters. The number of nitrogens with one attached hydrogen (secondary N) is 1. The monoisotopic (exact) mass is 483 g/mol. The number of carbonyl (C=O) groups excluding carboxylic acids is 1. The van der Waals surface area contributed by atoms with E-state index in [4.69, 9.17) is 0 Å². The molecule has 1 aliphatic heterocycles. The number of fused-ring (bicyclic) bond motifs is 1. The van der Waals surface area contributed by atoms with Crippen LogP contribution in [0.15, 0.2) is 47.4 Å². The minimum atomic E-state index is -3.64. The number of sulfonamides is 1. The highest BCUT2D eigenvalue weighted by Crippen LogP contribution is 2.32. The first kappa shape index (κ1) is 24.2. The average Bonchev–Trinajstić information content (AvgIpc) is 3.48. The second kappa shape index (κ2) is 10.1. The van der Waals surface area contributed by atoms with Crippen LogP contribution in [0.1, 0.15) is 39.4 Å². The van der Waals surface area contributed by atoms with Crippen molar-refractivity contribution in [3.05, 3.63) is 48.3 Å². The Morgan fingerprint density at radius 1 is 1.06 bits per heavy atom. The predicted molar refractivity (Wildman–Crippen MR) is 136 cm³/mol. The van der Waals surface area contributed by atoms with Crippen LogP contribution in [0, 0.1) is 0 Å². The zero-order chi connectivity index (χ0) is 24.3. The molecule has 8 nitrogen and oxygen atoms in total. The maximum absolute atomic E-state index is 13.2. The van der Waals surface area contributed by atoms with Crippen molar-refractivity contribution in [3.8, 4) is 0 Å². The van der Waals surface area contributed by atoms with E-state index in [1.807, 2.05) is 55.7 Å². The predicted octanol–water partition coefficient (Wildman–Crippen LogP) is 3.87. The quantitative estimate of drug-likeness (QED) is 0.499. The first-order chi connectivity index (χ1) is 16.4. The van der Waals surface area contributed by atoms with Crippen LogP contribution in [-0.2, 0) is 27.8 Å². The van der Waals surface area contributed by atoms with E-state index in [9.17, 15) is 13.2 Å². The van der Waals surface area contributed by atoms with Crippen LogP contribution in [-0.4, -0.2) is 54.4 Å². The van der Waals surface area contributed by atoms with Crippen LogP contribution in [0.5, 0.6) is 0 Å². The van der Waals surface area contributed by atoms with E-state index in [1.165, 1.54) is 4.31 Å². The fourth-order valence-electron chi connectivity index (χ4n) is 4.63. The third kappa shape index (κ3) is 4.67. The Bertz CT molecular complexity index is 1270. The molecule has 0 spiro atoms. The van der Waals surface area contributed by atoms with Crippen LogP contribution in [0.2, 0.25) is 0 Å². The lowest BCUT2D eigenvalue weighted by Gasteiger charge is -2.24. The van der Waals surface area contributed by atoms with E-state index in [-0.39, 0.29) is 17.3 Å². The topological polar surface area (TPSA) is 87.5 Å². The third-order valence-electron chi connectivity index (χ3n) is 6.38. The molecule has 1 aliphatic rings. The van der Waals surface area contributed by atoms with Gasteiger partial charge in [0.25, 0.3) is 0 Å². The highest BCUT2D eigenvalue weighted by atomic mass is 32.2. The molecule has 0 radical (unpaired) electrons. The van der Waals surface area contributed by atoms with Gasteiger partial charge in [0.1, 0.15) is 12.4 Å². The van der Waals surface area contributed by atoms with Gasteiger partial charge in [0.15, 0.2) is 0 Å². The van der Waals surface area contributed by atoms with Gasteiger partial charge < -0.3 is 14.8 Å². The Morgan fingerprint density at radius 2 is 1.76 bits per heavy atom. The van der Waals surface area contributed by atoms with Gasteiger partial charge in [-0.05, 0) is 43.2 Å². The van der Waals surface area contributed by atoms with Crippen molar-refractivity contribution >= 4 is 38.3 Å². The fourth-order valence-corrected chi connectivity index (χ4v) is 6.11. The molecule has 1 aromatic heterocycles. The molecule has 2 aromatic carbocycles. The van der Waals surface area contributed by atoms with Crippen LogP contribution in [0.25, 0.3) is 11.0 Å². The molecule has 0 unspecified atom stereocenters. The van der Waals surface area contributed by atoms with Crippen molar-refractivity contribution in [2.45, 2.75) is 51.5 Å². The standard InChI is InChI=1S/C25H33N5O3S/c1-4-24-26-20-11-7-8-12-23(20)30(24)18-25(31)27-21-17-19(34(32,33)29(5-2)6-3)13-14-22(21)28-15-9-10-16-28/h7-8,11-14,17H,4-6,9-10,15-16,18H2,1-3H3,(H,27,31). The maximum atomic E-state index is 13.2. The summed E-state index contributed by atoms with van der Waals surface area (Å²) in [5.41, 5.74) is 3.16. The highest BCUT2D eigenvalue weighted by Gasteiger charge is 2.25. The summed E-state index contributed by atoms with van der Waals surface area (Å²) in [6.07, 6.45) is 2.86. The minimum absolute atomic E-state index is 0.107. The van der Waals surface area contributed by atoms with E-state index in [0.717, 1.165) is 48.5 Å². The summed E-state index contributed by atoms with van der Waals surface area (Å²) in [6, 6.07) is 12.8. The molecule has 0 aliphatic carbocycles. The smallest absolute Gasteiger partial charge is 0.244 e. The molecule has 1 amide bonds. The Morgan fingerprint density at radius 3 is 2.44 bits per heavy atom. The molecule has 2 heterocycles. The zero-order valence-electron chi connectivity index (χ0n) is 20.1. The summed E-state index contributed by atoms with van der Waals surface area (Å²) in [4.78, 5) is 20.3. The van der Waals surface area contributed by atoms with Crippen LogP contribution in [0.4, 0.5) is 11.4 Å². The number of carbonyl (C=O) groups is 1. The number of hydrogen-bond donors (Lipinski definition) is 1. The lowest BCUT2D eigenvalue weighted by Crippen LogP contribution is -2.31. The fraction of sp³-hybridized carbons (Fsp3) is 0.440. The molecule has 34 heavy (non-hydrogen) atoms. The molecule has 182 valence electrons. The number of para-hydroxylation sites is 2. The van der Waals surface area contributed by atoms with Gasteiger partial charge in [0.2, 0.25) is 15.9 Å². The number of aromatic nitrogens is 2. The minimum Gasteiger partial charge on any atom is -0.370 e. The number of rotatable bonds is 9. The highest BCUT2D eigenvalue weighted by molar-refractivity contribution is 7.89. The molecular formula is C25H33N5O3S. The van der Waals surface area contributed by atoms with E-state index in [2.05, 4.69) is 15.2 Å².